The van der Waals surface area contributed by atoms with E-state index in [0.29, 0.717) is 6.42 Å². The van der Waals surface area contributed by atoms with Gasteiger partial charge in [0.15, 0.2) is 0 Å². The lowest BCUT2D eigenvalue weighted by Crippen LogP contribution is -2.34. The van der Waals surface area contributed by atoms with Gasteiger partial charge in [0, 0.05) is 16.5 Å². The van der Waals surface area contributed by atoms with Gasteiger partial charge < -0.3 is 5.32 Å². The van der Waals surface area contributed by atoms with Crippen LogP contribution in [-0.2, 0) is 9.59 Å². The van der Waals surface area contributed by atoms with Crippen LogP contribution in [0.5, 0.6) is 0 Å². The molecule has 6 heteroatoms. The molecular formula is C19H28BrN3O2. The smallest absolute Gasteiger partial charge is 0.259 e. The summed E-state index contributed by atoms with van der Waals surface area (Å²) in [4.78, 5) is 23.3. The monoisotopic (exact) mass is 409 g/mol. The van der Waals surface area contributed by atoms with Gasteiger partial charge in [-0.05, 0) is 12.5 Å². The number of amides is 2. The van der Waals surface area contributed by atoms with Gasteiger partial charge in [0.2, 0.25) is 5.91 Å². The number of hydrogen-bond acceptors (Lipinski definition) is 3. The van der Waals surface area contributed by atoms with Gasteiger partial charge in [0.05, 0.1) is 12.8 Å². The van der Waals surface area contributed by atoms with Crippen LogP contribution in [0.4, 0.5) is 0 Å². The van der Waals surface area contributed by atoms with Crippen molar-refractivity contribution in [1.82, 2.24) is 10.7 Å². The molecule has 2 N–H and O–H groups in total. The molecule has 0 saturated carbocycles. The Labute approximate surface area is 158 Å². The molecule has 0 unspecified atom stereocenters. The molecule has 0 aromatic heterocycles. The Morgan fingerprint density at radius 2 is 1.72 bits per heavy atom. The van der Waals surface area contributed by atoms with E-state index < -0.39 is 0 Å². The number of nitrogens with zero attached hydrogens (tertiary/aromatic N) is 1. The average molecular weight is 410 g/mol. The first kappa shape index (κ1) is 21.4. The van der Waals surface area contributed by atoms with E-state index in [-0.39, 0.29) is 18.4 Å². The number of hydrogen-bond donors (Lipinski definition) is 2. The zero-order valence-corrected chi connectivity index (χ0v) is 16.5. The Morgan fingerprint density at radius 1 is 1.04 bits per heavy atom. The molecule has 5 nitrogen and oxygen atoms in total. The number of carbonyl (C=O) groups is 2. The van der Waals surface area contributed by atoms with Gasteiger partial charge in [-0.15, -0.1) is 0 Å². The maximum absolute atomic E-state index is 11.7. The fraction of sp³-hybridized carbons (Fsp3) is 0.526. The molecule has 2 amide bonds. The molecule has 0 heterocycles. The summed E-state index contributed by atoms with van der Waals surface area (Å²) in [5.41, 5.74) is 3.27. The second-order valence-electron chi connectivity index (χ2n) is 5.96. The highest BCUT2D eigenvalue weighted by atomic mass is 79.9. The summed E-state index contributed by atoms with van der Waals surface area (Å²) in [7, 11) is 0. The Bertz CT molecular complexity index is 561. The summed E-state index contributed by atoms with van der Waals surface area (Å²) < 4.78 is 0.899. The second kappa shape index (κ2) is 13.6. The average Bonchev–Trinajstić information content (AvgIpc) is 2.61. The van der Waals surface area contributed by atoms with Gasteiger partial charge in [-0.1, -0.05) is 79.6 Å². The van der Waals surface area contributed by atoms with Crippen LogP contribution in [0.3, 0.4) is 0 Å². The van der Waals surface area contributed by atoms with Crippen LogP contribution in [0.15, 0.2) is 33.8 Å². The van der Waals surface area contributed by atoms with Gasteiger partial charge >= 0.3 is 0 Å². The fourth-order valence-electron chi connectivity index (χ4n) is 2.30. The Kier molecular flexibility index (Phi) is 11.6. The highest BCUT2D eigenvalue weighted by molar-refractivity contribution is 9.10. The van der Waals surface area contributed by atoms with Crippen molar-refractivity contribution in [3.8, 4) is 0 Å². The summed E-state index contributed by atoms with van der Waals surface area (Å²) in [6.07, 6.45) is 10.2. The van der Waals surface area contributed by atoms with E-state index in [0.717, 1.165) is 22.9 Å². The minimum atomic E-state index is -0.337. The number of benzene rings is 1. The Morgan fingerprint density at radius 3 is 2.44 bits per heavy atom. The van der Waals surface area contributed by atoms with Crippen LogP contribution >= 0.6 is 15.9 Å². The van der Waals surface area contributed by atoms with Gasteiger partial charge in [-0.25, -0.2) is 5.43 Å². The SMILES string of the molecule is CCCCCCCCCC(=O)NCC(=O)N/N=C/c1ccccc1Br. The first-order valence-electron chi connectivity index (χ1n) is 8.96. The van der Waals surface area contributed by atoms with E-state index in [1.54, 1.807) is 6.21 Å². The van der Waals surface area contributed by atoms with Gasteiger partial charge in [0.25, 0.3) is 5.91 Å². The maximum Gasteiger partial charge on any atom is 0.259 e. The van der Waals surface area contributed by atoms with Crippen molar-refractivity contribution in [2.45, 2.75) is 58.3 Å². The largest absolute Gasteiger partial charge is 0.347 e. The van der Waals surface area contributed by atoms with E-state index >= 15 is 0 Å². The zero-order valence-electron chi connectivity index (χ0n) is 14.9. The molecule has 0 radical (unpaired) electrons. The zero-order chi connectivity index (χ0) is 18.3. The molecule has 0 saturated heterocycles. The first-order chi connectivity index (χ1) is 12.1. The van der Waals surface area contributed by atoms with Crippen LogP contribution in [-0.4, -0.2) is 24.6 Å². The molecular weight excluding hydrogens is 382 g/mol. The fourth-order valence-corrected chi connectivity index (χ4v) is 2.69. The minimum absolute atomic E-state index is 0.0529. The van der Waals surface area contributed by atoms with E-state index in [9.17, 15) is 9.59 Å². The lowest BCUT2D eigenvalue weighted by Gasteiger charge is -2.04. The van der Waals surface area contributed by atoms with Crippen LogP contribution < -0.4 is 10.7 Å². The third-order valence-corrected chi connectivity index (χ3v) is 4.47. The molecule has 0 atom stereocenters. The standard InChI is InChI=1S/C19H28BrN3O2/c1-2-3-4-5-6-7-8-13-18(24)21-15-19(25)23-22-14-16-11-9-10-12-17(16)20/h9-12,14H,2-8,13,15H2,1H3,(H,21,24)(H,23,25)/b22-14+. The van der Waals surface area contributed by atoms with E-state index in [1.807, 2.05) is 24.3 Å². The summed E-state index contributed by atoms with van der Waals surface area (Å²) >= 11 is 3.40. The minimum Gasteiger partial charge on any atom is -0.347 e. The van der Waals surface area contributed by atoms with Crippen molar-refractivity contribution in [2.75, 3.05) is 6.54 Å². The van der Waals surface area contributed by atoms with E-state index in [2.05, 4.69) is 38.7 Å². The predicted octanol–water partition coefficient (Wildman–Crippen LogP) is 4.16. The molecule has 0 spiro atoms. The van der Waals surface area contributed by atoms with E-state index in [4.69, 9.17) is 0 Å². The molecule has 1 aromatic carbocycles. The van der Waals surface area contributed by atoms with Crippen LogP contribution in [0, 0.1) is 0 Å². The quantitative estimate of drug-likeness (QED) is 0.309. The van der Waals surface area contributed by atoms with E-state index in [1.165, 1.54) is 32.1 Å². The number of rotatable bonds is 12. The third-order valence-electron chi connectivity index (χ3n) is 3.75. The summed E-state index contributed by atoms with van der Waals surface area (Å²) in [5, 5.41) is 6.50. The molecule has 0 fully saturated rings. The molecule has 1 aromatic rings. The van der Waals surface area contributed by atoms with Crippen molar-refractivity contribution in [2.24, 2.45) is 5.10 Å². The van der Waals surface area contributed by atoms with Gasteiger partial charge in [-0.2, -0.15) is 5.10 Å². The molecule has 0 aliphatic heterocycles. The molecule has 138 valence electrons. The lowest BCUT2D eigenvalue weighted by atomic mass is 10.1. The number of halogens is 1. The van der Waals surface area contributed by atoms with Crippen molar-refractivity contribution in [1.29, 1.82) is 0 Å². The number of nitrogens with one attached hydrogen (secondary N) is 2. The summed E-state index contributed by atoms with van der Waals surface area (Å²) in [6, 6.07) is 7.57. The topological polar surface area (TPSA) is 70.6 Å². The number of hydrazone groups is 1. The second-order valence-corrected chi connectivity index (χ2v) is 6.82. The van der Waals surface area contributed by atoms with Gasteiger partial charge in [0.1, 0.15) is 0 Å². The third kappa shape index (κ3) is 10.7. The molecule has 25 heavy (non-hydrogen) atoms. The van der Waals surface area contributed by atoms with Crippen LogP contribution in [0.1, 0.15) is 63.9 Å². The van der Waals surface area contributed by atoms with Crippen LogP contribution in [0.2, 0.25) is 0 Å². The summed E-state index contributed by atoms with van der Waals surface area (Å²) in [6.45, 7) is 2.15. The van der Waals surface area contributed by atoms with Crippen molar-refractivity contribution >= 4 is 34.0 Å². The lowest BCUT2D eigenvalue weighted by molar-refractivity contribution is -0.126. The molecule has 1 rings (SSSR count). The number of unbranched alkanes of at least 4 members (excludes halogenated alkanes) is 6. The Hall–Kier alpha value is -1.69. The highest BCUT2D eigenvalue weighted by Gasteiger charge is 2.04. The van der Waals surface area contributed by atoms with Crippen LogP contribution in [0.25, 0.3) is 0 Å². The van der Waals surface area contributed by atoms with Gasteiger partial charge in [-0.3, -0.25) is 9.59 Å². The molecule has 0 aliphatic carbocycles. The summed E-state index contributed by atoms with van der Waals surface area (Å²) in [5.74, 6) is -0.422. The van der Waals surface area contributed by atoms with Crippen molar-refractivity contribution in [3.05, 3.63) is 34.3 Å². The first-order valence-corrected chi connectivity index (χ1v) is 9.76. The molecule has 0 aliphatic rings. The number of carbonyl (C=O) groups excluding carboxylic acids is 2. The Balaban J connectivity index is 2.09. The highest BCUT2D eigenvalue weighted by Crippen LogP contribution is 2.13. The van der Waals surface area contributed by atoms with Crippen molar-refractivity contribution < 1.29 is 9.59 Å². The predicted molar refractivity (Wildman–Crippen MR) is 105 cm³/mol. The molecule has 0 bridgehead atoms. The van der Waals surface area contributed by atoms with Crippen molar-refractivity contribution in [3.63, 3.8) is 0 Å². The maximum atomic E-state index is 11.7. The normalized spacial score (nSPS) is 10.8.